The van der Waals surface area contributed by atoms with Gasteiger partial charge in [0.1, 0.15) is 0 Å². The van der Waals surface area contributed by atoms with Crippen molar-refractivity contribution in [1.29, 1.82) is 0 Å². The summed E-state index contributed by atoms with van der Waals surface area (Å²) in [6.07, 6.45) is 2.30. The molecule has 1 unspecified atom stereocenters. The van der Waals surface area contributed by atoms with Gasteiger partial charge in [0.15, 0.2) is 0 Å². The van der Waals surface area contributed by atoms with Crippen molar-refractivity contribution in [2.24, 2.45) is 17.6 Å². The average Bonchev–Trinajstić information content (AvgIpc) is 2.99. The van der Waals surface area contributed by atoms with Crippen molar-refractivity contribution in [3.8, 4) is 0 Å². The zero-order valence-corrected chi connectivity index (χ0v) is 13.5. The van der Waals surface area contributed by atoms with Crippen molar-refractivity contribution >= 4 is 23.2 Å². The molecule has 2 aliphatic rings. The lowest BCUT2D eigenvalue weighted by Crippen LogP contribution is -2.48. The molecule has 2 aliphatic heterocycles. The summed E-state index contributed by atoms with van der Waals surface area (Å²) in [6, 6.07) is 5.31. The Bertz CT molecular complexity index is 607. The smallest absolute Gasteiger partial charge is 0.248 e. The van der Waals surface area contributed by atoms with Gasteiger partial charge >= 0.3 is 0 Å². The second kappa shape index (κ2) is 6.58. The number of hydrogen-bond acceptors (Lipinski definition) is 4. The molecule has 0 saturated carbocycles. The molecule has 1 atom stereocenters. The van der Waals surface area contributed by atoms with Crippen LogP contribution in [0.15, 0.2) is 18.2 Å². The topological polar surface area (TPSA) is 87.5 Å². The third kappa shape index (κ3) is 3.32. The van der Waals surface area contributed by atoms with Gasteiger partial charge in [0.05, 0.1) is 11.4 Å². The van der Waals surface area contributed by atoms with E-state index in [-0.39, 0.29) is 11.8 Å². The summed E-state index contributed by atoms with van der Waals surface area (Å²) in [6.45, 7) is 5.67. The van der Waals surface area contributed by atoms with E-state index in [9.17, 15) is 9.59 Å². The minimum Gasteiger partial charge on any atom is -0.370 e. The number of rotatable bonds is 5. The van der Waals surface area contributed by atoms with Gasteiger partial charge in [0, 0.05) is 24.6 Å². The molecule has 1 aromatic carbocycles. The lowest BCUT2D eigenvalue weighted by Gasteiger charge is -2.32. The molecular formula is C17H24N4O2. The number of carbonyl (C=O) groups is 2. The van der Waals surface area contributed by atoms with Crippen LogP contribution < -0.4 is 21.3 Å². The number of nitrogens with zero attached hydrogens (tertiary/aromatic N) is 1. The Morgan fingerprint density at radius 3 is 2.57 bits per heavy atom. The molecule has 0 radical (unpaired) electrons. The molecule has 6 nitrogen and oxygen atoms in total. The number of nitrogens with two attached hydrogens (primary N) is 1. The third-order valence-corrected chi connectivity index (χ3v) is 4.92. The molecule has 2 amide bonds. The molecule has 2 saturated heterocycles. The van der Waals surface area contributed by atoms with Gasteiger partial charge < -0.3 is 21.3 Å². The summed E-state index contributed by atoms with van der Waals surface area (Å²) in [5, 5.41) is 6.21. The van der Waals surface area contributed by atoms with Crippen LogP contribution in [0.4, 0.5) is 11.4 Å². The molecule has 0 spiro atoms. The van der Waals surface area contributed by atoms with Crippen LogP contribution in [0, 0.1) is 11.8 Å². The molecule has 23 heavy (non-hydrogen) atoms. The minimum atomic E-state index is -0.482. The molecular weight excluding hydrogens is 292 g/mol. The van der Waals surface area contributed by atoms with E-state index in [1.54, 1.807) is 12.1 Å². The quantitative estimate of drug-likeness (QED) is 0.761. The molecule has 3 rings (SSSR count). The fraction of sp³-hybridized carbons (Fsp3) is 0.529. The molecule has 2 heterocycles. The Labute approximate surface area is 136 Å². The monoisotopic (exact) mass is 316 g/mol. The fourth-order valence-corrected chi connectivity index (χ4v) is 3.15. The van der Waals surface area contributed by atoms with Gasteiger partial charge in [0.2, 0.25) is 11.8 Å². The van der Waals surface area contributed by atoms with Gasteiger partial charge in [0.25, 0.3) is 0 Å². The highest BCUT2D eigenvalue weighted by atomic mass is 16.2. The van der Waals surface area contributed by atoms with E-state index >= 15 is 0 Å². The van der Waals surface area contributed by atoms with Gasteiger partial charge in [-0.05, 0) is 50.0 Å². The van der Waals surface area contributed by atoms with E-state index in [2.05, 4.69) is 15.5 Å². The van der Waals surface area contributed by atoms with E-state index < -0.39 is 5.91 Å². The van der Waals surface area contributed by atoms with E-state index in [1.165, 1.54) is 0 Å². The Balaban J connectivity index is 1.83. The molecule has 0 aliphatic carbocycles. The zero-order valence-electron chi connectivity index (χ0n) is 13.5. The highest BCUT2D eigenvalue weighted by molar-refractivity contribution is 6.00. The molecule has 6 heteroatoms. The number of nitrogens with one attached hydrogen (secondary N) is 2. The predicted octanol–water partition coefficient (Wildman–Crippen LogP) is 1.18. The second-order valence-corrected chi connectivity index (χ2v) is 6.49. The number of hydrogen-bond donors (Lipinski definition) is 3. The lowest BCUT2D eigenvalue weighted by atomic mass is 9.88. The number of anilines is 2. The van der Waals surface area contributed by atoms with E-state index in [4.69, 9.17) is 5.73 Å². The summed E-state index contributed by atoms with van der Waals surface area (Å²) in [7, 11) is 0. The average molecular weight is 316 g/mol. The van der Waals surface area contributed by atoms with Gasteiger partial charge in [-0.25, -0.2) is 0 Å². The molecule has 2 fully saturated rings. The first-order valence-corrected chi connectivity index (χ1v) is 8.26. The maximum atomic E-state index is 12.5. The van der Waals surface area contributed by atoms with Crippen molar-refractivity contribution in [2.45, 2.75) is 19.8 Å². The summed E-state index contributed by atoms with van der Waals surface area (Å²) < 4.78 is 0. The second-order valence-electron chi connectivity index (χ2n) is 6.49. The van der Waals surface area contributed by atoms with Crippen molar-refractivity contribution in [1.82, 2.24) is 5.32 Å². The normalized spacial score (nSPS) is 19.3. The standard InChI is InChI=1S/C17H24N4O2/c1-11(13-9-19-10-13)17(23)20-14-8-12(16(18)22)4-5-15(14)21-6-2-3-7-21/h4-5,8,11,13,19H,2-3,6-7,9-10H2,1H3,(H2,18,22)(H,20,23). The number of amides is 2. The van der Waals surface area contributed by atoms with Crippen LogP contribution in [-0.4, -0.2) is 38.0 Å². The summed E-state index contributed by atoms with van der Waals surface area (Å²) in [5.74, 6) is -0.159. The Morgan fingerprint density at radius 1 is 1.30 bits per heavy atom. The fourth-order valence-electron chi connectivity index (χ4n) is 3.15. The van der Waals surface area contributed by atoms with Crippen LogP contribution in [-0.2, 0) is 4.79 Å². The van der Waals surface area contributed by atoms with Gasteiger partial charge in [-0.3, -0.25) is 9.59 Å². The Kier molecular flexibility index (Phi) is 4.52. The van der Waals surface area contributed by atoms with Crippen molar-refractivity contribution < 1.29 is 9.59 Å². The summed E-state index contributed by atoms with van der Waals surface area (Å²) in [5.41, 5.74) is 7.46. The van der Waals surface area contributed by atoms with Crippen LogP contribution in [0.25, 0.3) is 0 Å². The molecule has 124 valence electrons. The minimum absolute atomic E-state index is 0.00133. The van der Waals surface area contributed by atoms with Gasteiger partial charge in [-0.15, -0.1) is 0 Å². The first kappa shape index (κ1) is 15.8. The van der Waals surface area contributed by atoms with Crippen LogP contribution in [0.5, 0.6) is 0 Å². The molecule has 0 bridgehead atoms. The third-order valence-electron chi connectivity index (χ3n) is 4.92. The van der Waals surface area contributed by atoms with Crippen LogP contribution in [0.2, 0.25) is 0 Å². The van der Waals surface area contributed by atoms with Crippen molar-refractivity contribution in [2.75, 3.05) is 36.4 Å². The van der Waals surface area contributed by atoms with Crippen LogP contribution in [0.3, 0.4) is 0 Å². The van der Waals surface area contributed by atoms with Crippen LogP contribution >= 0.6 is 0 Å². The van der Waals surface area contributed by atoms with E-state index in [0.717, 1.165) is 44.7 Å². The lowest BCUT2D eigenvalue weighted by molar-refractivity contribution is -0.121. The van der Waals surface area contributed by atoms with E-state index in [0.29, 0.717) is 17.2 Å². The van der Waals surface area contributed by atoms with Gasteiger partial charge in [-0.2, -0.15) is 0 Å². The number of primary amides is 1. The summed E-state index contributed by atoms with van der Waals surface area (Å²) >= 11 is 0. The first-order chi connectivity index (χ1) is 11.1. The Morgan fingerprint density at radius 2 is 2.00 bits per heavy atom. The highest BCUT2D eigenvalue weighted by Crippen LogP contribution is 2.31. The number of carbonyl (C=O) groups excluding carboxylic acids is 2. The summed E-state index contributed by atoms with van der Waals surface area (Å²) in [4.78, 5) is 26.2. The van der Waals surface area contributed by atoms with Crippen LogP contribution in [0.1, 0.15) is 30.1 Å². The molecule has 0 aromatic heterocycles. The largest absolute Gasteiger partial charge is 0.370 e. The maximum Gasteiger partial charge on any atom is 0.248 e. The van der Waals surface area contributed by atoms with Gasteiger partial charge in [-0.1, -0.05) is 6.92 Å². The SMILES string of the molecule is CC(C(=O)Nc1cc(C(N)=O)ccc1N1CCCC1)C1CNC1. The Hall–Kier alpha value is -2.08. The first-order valence-electron chi connectivity index (χ1n) is 8.26. The zero-order chi connectivity index (χ0) is 16.4. The predicted molar refractivity (Wildman–Crippen MR) is 90.6 cm³/mol. The van der Waals surface area contributed by atoms with Crippen molar-refractivity contribution in [3.63, 3.8) is 0 Å². The highest BCUT2D eigenvalue weighted by Gasteiger charge is 2.29. The molecule has 4 N–H and O–H groups in total. The number of benzene rings is 1. The van der Waals surface area contributed by atoms with Crippen molar-refractivity contribution in [3.05, 3.63) is 23.8 Å². The van der Waals surface area contributed by atoms with E-state index in [1.807, 2.05) is 13.0 Å². The molecule has 1 aromatic rings. The maximum absolute atomic E-state index is 12.5.